The Kier molecular flexibility index (Phi) is 6.45. The number of carbonyl (C=O) groups is 2. The highest BCUT2D eigenvalue weighted by atomic mass is 79.9. The predicted octanol–water partition coefficient (Wildman–Crippen LogP) is 5.06. The molecule has 3 aromatic carbocycles. The van der Waals surface area contributed by atoms with Gasteiger partial charge >= 0.3 is 0 Å². The third-order valence-corrected chi connectivity index (χ3v) is 7.20. The Morgan fingerprint density at radius 3 is 2.00 bits per heavy atom. The Morgan fingerprint density at radius 1 is 0.828 bits per heavy atom. The van der Waals surface area contributed by atoms with Crippen LogP contribution < -0.4 is 0 Å². The van der Waals surface area contributed by atoms with Gasteiger partial charge in [0.05, 0.1) is 4.90 Å². The van der Waals surface area contributed by atoms with Gasteiger partial charge in [0, 0.05) is 22.0 Å². The van der Waals surface area contributed by atoms with Crippen molar-refractivity contribution in [2.45, 2.75) is 23.5 Å². The van der Waals surface area contributed by atoms with E-state index in [4.69, 9.17) is 0 Å². The molecule has 29 heavy (non-hydrogen) atoms. The molecule has 0 unspecified atom stereocenters. The number of Topliss-reactive ketones (excluding diaryl/α,β-unsaturated/α-hetero) is 2. The summed E-state index contributed by atoms with van der Waals surface area (Å²) in [6.07, 6.45) is -0.425. The van der Waals surface area contributed by atoms with Crippen LogP contribution in [0, 0.1) is 6.92 Å². The maximum absolute atomic E-state index is 13.3. The highest BCUT2D eigenvalue weighted by Crippen LogP contribution is 2.24. The number of rotatable bonds is 7. The second-order valence-corrected chi connectivity index (χ2v) is 9.76. The normalized spacial score (nSPS) is 12.3. The minimum atomic E-state index is -4.06. The molecule has 4 nitrogen and oxygen atoms in total. The molecular weight excluding hydrogens is 452 g/mol. The topological polar surface area (TPSA) is 68.3 Å². The van der Waals surface area contributed by atoms with E-state index in [2.05, 4.69) is 15.9 Å². The van der Waals surface area contributed by atoms with Crippen LogP contribution in [-0.4, -0.2) is 25.2 Å². The molecule has 0 aliphatic rings. The lowest BCUT2D eigenvalue weighted by Gasteiger charge is -2.17. The Balaban J connectivity index is 2.01. The summed E-state index contributed by atoms with van der Waals surface area (Å²) in [6, 6.07) is 21.1. The van der Waals surface area contributed by atoms with Gasteiger partial charge in [0.1, 0.15) is 5.25 Å². The molecular formula is C23H19BrO4S. The Hall–Kier alpha value is -2.57. The molecule has 0 bridgehead atoms. The average molecular weight is 471 g/mol. The molecule has 0 aromatic heterocycles. The average Bonchev–Trinajstić information content (AvgIpc) is 2.72. The summed E-state index contributed by atoms with van der Waals surface area (Å²) in [5.41, 5.74) is 1.52. The maximum atomic E-state index is 13.3. The predicted molar refractivity (Wildman–Crippen MR) is 116 cm³/mol. The van der Waals surface area contributed by atoms with Crippen molar-refractivity contribution >= 4 is 37.3 Å². The zero-order valence-corrected chi connectivity index (χ0v) is 18.1. The van der Waals surface area contributed by atoms with Gasteiger partial charge in [-0.3, -0.25) is 9.59 Å². The van der Waals surface area contributed by atoms with Crippen molar-refractivity contribution in [2.24, 2.45) is 0 Å². The smallest absolute Gasteiger partial charge is 0.189 e. The largest absolute Gasteiger partial charge is 0.294 e. The zero-order valence-electron chi connectivity index (χ0n) is 15.7. The second kappa shape index (κ2) is 8.84. The first-order chi connectivity index (χ1) is 13.8. The van der Waals surface area contributed by atoms with E-state index in [-0.39, 0.29) is 10.5 Å². The summed E-state index contributed by atoms with van der Waals surface area (Å²) in [7, 11) is -4.06. The molecule has 0 aliphatic carbocycles. The van der Waals surface area contributed by atoms with E-state index in [1.807, 2.05) is 6.92 Å². The highest BCUT2D eigenvalue weighted by Gasteiger charge is 2.36. The number of hydrogen-bond donors (Lipinski definition) is 0. The van der Waals surface area contributed by atoms with Crippen LogP contribution in [-0.2, 0) is 9.84 Å². The van der Waals surface area contributed by atoms with Gasteiger partial charge < -0.3 is 0 Å². The number of ketones is 2. The molecule has 0 N–H and O–H groups in total. The molecule has 0 radical (unpaired) electrons. The van der Waals surface area contributed by atoms with Gasteiger partial charge in [0.15, 0.2) is 21.4 Å². The van der Waals surface area contributed by atoms with Crippen molar-refractivity contribution < 1.29 is 18.0 Å². The van der Waals surface area contributed by atoms with Crippen molar-refractivity contribution in [3.05, 3.63) is 100 Å². The summed E-state index contributed by atoms with van der Waals surface area (Å²) in [5, 5.41) is -1.50. The van der Waals surface area contributed by atoms with E-state index >= 15 is 0 Å². The molecule has 6 heteroatoms. The van der Waals surface area contributed by atoms with Crippen LogP contribution in [0.4, 0.5) is 0 Å². The molecule has 0 aliphatic heterocycles. The Bertz CT molecular complexity index is 1120. The summed E-state index contributed by atoms with van der Waals surface area (Å²) in [4.78, 5) is 25.9. The van der Waals surface area contributed by atoms with Crippen molar-refractivity contribution in [1.29, 1.82) is 0 Å². The fourth-order valence-corrected chi connectivity index (χ4v) is 4.84. The van der Waals surface area contributed by atoms with Gasteiger partial charge in [0.2, 0.25) is 0 Å². The fraction of sp³-hybridized carbons (Fsp3) is 0.130. The Morgan fingerprint density at radius 2 is 1.41 bits per heavy atom. The molecule has 0 heterocycles. The van der Waals surface area contributed by atoms with Crippen molar-refractivity contribution in [3.63, 3.8) is 0 Å². The molecule has 0 spiro atoms. The van der Waals surface area contributed by atoms with Crippen LogP contribution in [0.2, 0.25) is 0 Å². The van der Waals surface area contributed by atoms with Gasteiger partial charge in [-0.25, -0.2) is 8.42 Å². The number of sulfone groups is 1. The van der Waals surface area contributed by atoms with Gasteiger partial charge in [-0.1, -0.05) is 76.1 Å². The molecule has 3 aromatic rings. The van der Waals surface area contributed by atoms with E-state index < -0.39 is 33.1 Å². The van der Waals surface area contributed by atoms with Gasteiger partial charge in [-0.2, -0.15) is 0 Å². The van der Waals surface area contributed by atoms with Crippen molar-refractivity contribution in [2.75, 3.05) is 0 Å². The third-order valence-electron chi connectivity index (χ3n) is 4.61. The SMILES string of the molecule is Cc1ccc(S(=O)(=O)[C@@H](CC(=O)c2ccc(Br)cc2)C(=O)c2ccccc2)cc1. The number of halogens is 1. The van der Waals surface area contributed by atoms with E-state index in [0.29, 0.717) is 5.56 Å². The molecule has 0 amide bonds. The maximum Gasteiger partial charge on any atom is 0.189 e. The third kappa shape index (κ3) is 4.89. The summed E-state index contributed by atoms with van der Waals surface area (Å²) >= 11 is 3.31. The number of aryl methyl sites for hydroxylation is 1. The molecule has 0 fully saturated rings. The number of hydrogen-bond acceptors (Lipinski definition) is 4. The fourth-order valence-electron chi connectivity index (χ4n) is 2.95. The number of carbonyl (C=O) groups excluding carboxylic acids is 2. The minimum absolute atomic E-state index is 0.0287. The lowest BCUT2D eigenvalue weighted by molar-refractivity contribution is 0.0920. The first-order valence-electron chi connectivity index (χ1n) is 8.97. The van der Waals surface area contributed by atoms with Crippen molar-refractivity contribution in [3.8, 4) is 0 Å². The summed E-state index contributed by atoms with van der Waals surface area (Å²) in [6.45, 7) is 1.85. The lowest BCUT2D eigenvalue weighted by Crippen LogP contribution is -2.33. The van der Waals surface area contributed by atoms with Crippen LogP contribution in [0.25, 0.3) is 0 Å². The van der Waals surface area contributed by atoms with E-state index in [0.717, 1.165) is 10.0 Å². The monoisotopic (exact) mass is 470 g/mol. The highest BCUT2D eigenvalue weighted by molar-refractivity contribution is 9.10. The van der Waals surface area contributed by atoms with Crippen LogP contribution in [0.5, 0.6) is 0 Å². The van der Waals surface area contributed by atoms with Crippen LogP contribution in [0.15, 0.2) is 88.2 Å². The van der Waals surface area contributed by atoms with Crippen LogP contribution in [0.1, 0.15) is 32.7 Å². The summed E-state index contributed by atoms with van der Waals surface area (Å²) < 4.78 is 27.4. The standard InChI is InChI=1S/C23H19BrO4S/c1-16-7-13-20(14-8-16)29(27,28)22(23(26)18-5-3-2-4-6-18)15-21(25)17-9-11-19(24)12-10-17/h2-14,22H,15H2,1H3/t22-/m0/s1. The van der Waals surface area contributed by atoms with Crippen LogP contribution in [0.3, 0.4) is 0 Å². The first-order valence-corrected chi connectivity index (χ1v) is 11.3. The van der Waals surface area contributed by atoms with Gasteiger partial charge in [-0.05, 0) is 31.2 Å². The Labute approximate surface area is 178 Å². The zero-order chi connectivity index (χ0) is 21.0. The lowest BCUT2D eigenvalue weighted by atomic mass is 10.0. The molecule has 0 saturated carbocycles. The molecule has 0 saturated heterocycles. The van der Waals surface area contributed by atoms with Gasteiger partial charge in [0.25, 0.3) is 0 Å². The minimum Gasteiger partial charge on any atom is -0.294 e. The summed E-state index contributed by atoms with van der Waals surface area (Å²) in [5.74, 6) is -0.987. The van der Waals surface area contributed by atoms with Crippen molar-refractivity contribution in [1.82, 2.24) is 0 Å². The molecule has 148 valence electrons. The van der Waals surface area contributed by atoms with E-state index in [9.17, 15) is 18.0 Å². The second-order valence-electron chi connectivity index (χ2n) is 6.71. The van der Waals surface area contributed by atoms with E-state index in [1.165, 1.54) is 12.1 Å². The van der Waals surface area contributed by atoms with Gasteiger partial charge in [-0.15, -0.1) is 0 Å². The molecule has 1 atom stereocenters. The number of benzene rings is 3. The van der Waals surface area contributed by atoms with E-state index in [1.54, 1.807) is 66.7 Å². The quantitative estimate of drug-likeness (QED) is 0.452. The first kappa shape index (κ1) is 21.1. The van der Waals surface area contributed by atoms with Crippen LogP contribution >= 0.6 is 15.9 Å². The molecule has 3 rings (SSSR count).